The van der Waals surface area contributed by atoms with Crippen LogP contribution in [0.2, 0.25) is 0 Å². The van der Waals surface area contributed by atoms with Gasteiger partial charge in [-0.2, -0.15) is 5.10 Å². The average molecular weight is 262 g/mol. The molecule has 0 fully saturated rings. The fourth-order valence-electron chi connectivity index (χ4n) is 1.44. The third-order valence-corrected chi connectivity index (χ3v) is 2.28. The fraction of sp³-hybridized carbons (Fsp3) is 0.357. The van der Waals surface area contributed by atoms with Crippen LogP contribution in [0.3, 0.4) is 0 Å². The first-order valence-corrected chi connectivity index (χ1v) is 6.13. The highest BCUT2D eigenvalue weighted by molar-refractivity contribution is 5.98. The van der Waals surface area contributed by atoms with Gasteiger partial charge < -0.3 is 4.74 Å². The Morgan fingerprint density at radius 1 is 1.26 bits per heavy atom. The molecule has 0 aromatic heterocycles. The molecule has 0 heterocycles. The molecule has 1 amide bonds. The van der Waals surface area contributed by atoms with E-state index in [1.165, 1.54) is 0 Å². The van der Waals surface area contributed by atoms with Crippen molar-refractivity contribution in [2.24, 2.45) is 5.10 Å². The molecular weight excluding hydrogens is 244 g/mol. The van der Waals surface area contributed by atoms with Crippen LogP contribution in [0.25, 0.3) is 0 Å². The predicted octanol–water partition coefficient (Wildman–Crippen LogP) is 1.67. The molecule has 0 aliphatic carbocycles. The highest BCUT2D eigenvalue weighted by Crippen LogP contribution is 1.99. The van der Waals surface area contributed by atoms with Crippen LogP contribution in [-0.2, 0) is 20.7 Å². The summed E-state index contributed by atoms with van der Waals surface area (Å²) in [6.07, 6.45) is 0.344. The Morgan fingerprint density at radius 2 is 1.95 bits per heavy atom. The maximum absolute atomic E-state index is 11.6. The quantitative estimate of drug-likeness (QED) is 0.482. The second-order valence-electron chi connectivity index (χ2n) is 4.03. The molecule has 0 aliphatic rings. The number of hydrogen-bond donors (Lipinski definition) is 1. The summed E-state index contributed by atoms with van der Waals surface area (Å²) in [7, 11) is 0. The van der Waals surface area contributed by atoms with E-state index in [1.54, 1.807) is 13.8 Å². The summed E-state index contributed by atoms with van der Waals surface area (Å²) in [5.74, 6) is -0.560. The van der Waals surface area contributed by atoms with E-state index < -0.39 is 0 Å². The van der Waals surface area contributed by atoms with E-state index in [0.29, 0.717) is 12.3 Å². The Morgan fingerprint density at radius 3 is 2.58 bits per heavy atom. The van der Waals surface area contributed by atoms with Crippen LogP contribution in [-0.4, -0.2) is 24.2 Å². The third kappa shape index (κ3) is 6.35. The number of hydrazone groups is 1. The Bertz CT molecular complexity index is 455. The Hall–Kier alpha value is -2.17. The Labute approximate surface area is 112 Å². The van der Waals surface area contributed by atoms with Gasteiger partial charge in [0.25, 0.3) is 0 Å². The molecule has 102 valence electrons. The maximum atomic E-state index is 11.6. The lowest BCUT2D eigenvalue weighted by molar-refractivity contribution is -0.141. The second-order valence-corrected chi connectivity index (χ2v) is 4.03. The van der Waals surface area contributed by atoms with Gasteiger partial charge in [-0.1, -0.05) is 30.3 Å². The largest absolute Gasteiger partial charge is 0.466 e. The van der Waals surface area contributed by atoms with Crippen LogP contribution in [0.4, 0.5) is 0 Å². The van der Waals surface area contributed by atoms with Gasteiger partial charge in [-0.15, -0.1) is 0 Å². The van der Waals surface area contributed by atoms with Crippen LogP contribution < -0.4 is 5.43 Å². The van der Waals surface area contributed by atoms with E-state index in [0.717, 1.165) is 5.56 Å². The van der Waals surface area contributed by atoms with E-state index in [-0.39, 0.29) is 24.7 Å². The van der Waals surface area contributed by atoms with E-state index >= 15 is 0 Å². The molecule has 0 saturated heterocycles. The summed E-state index contributed by atoms with van der Waals surface area (Å²) in [4.78, 5) is 22.8. The predicted molar refractivity (Wildman–Crippen MR) is 72.6 cm³/mol. The topological polar surface area (TPSA) is 67.8 Å². The molecule has 1 aromatic carbocycles. The standard InChI is InChI=1S/C14H18N2O3/c1-3-19-14(18)9-11(2)15-16-13(17)10-12-7-5-4-6-8-12/h4-8H,3,9-10H2,1-2H3,(H,16,17). The normalized spacial score (nSPS) is 10.9. The fourth-order valence-corrected chi connectivity index (χ4v) is 1.44. The molecule has 1 aromatic rings. The number of carbonyl (C=O) groups excluding carboxylic acids is 2. The van der Waals surface area contributed by atoms with Crippen molar-refractivity contribution in [1.29, 1.82) is 0 Å². The van der Waals surface area contributed by atoms with Gasteiger partial charge in [0.1, 0.15) is 0 Å². The molecule has 0 aliphatic heterocycles. The third-order valence-electron chi connectivity index (χ3n) is 2.28. The second kappa shape index (κ2) is 8.02. The number of amides is 1. The first kappa shape index (κ1) is 14.9. The molecule has 0 saturated carbocycles. The number of hydrogen-bond acceptors (Lipinski definition) is 4. The van der Waals surface area contributed by atoms with E-state index in [2.05, 4.69) is 10.5 Å². The highest BCUT2D eigenvalue weighted by atomic mass is 16.5. The van der Waals surface area contributed by atoms with Crippen molar-refractivity contribution in [3.05, 3.63) is 35.9 Å². The SMILES string of the molecule is CCOC(=O)CC(C)=NNC(=O)Cc1ccccc1. The molecule has 19 heavy (non-hydrogen) atoms. The van der Waals surface area contributed by atoms with Crippen LogP contribution >= 0.6 is 0 Å². The number of rotatable bonds is 6. The van der Waals surface area contributed by atoms with Crippen molar-refractivity contribution in [2.75, 3.05) is 6.61 Å². The zero-order chi connectivity index (χ0) is 14.1. The van der Waals surface area contributed by atoms with Gasteiger partial charge in [-0.05, 0) is 19.4 Å². The van der Waals surface area contributed by atoms with E-state index in [4.69, 9.17) is 4.74 Å². The zero-order valence-corrected chi connectivity index (χ0v) is 11.2. The molecule has 5 heteroatoms. The van der Waals surface area contributed by atoms with Crippen molar-refractivity contribution in [1.82, 2.24) is 5.43 Å². The lowest BCUT2D eigenvalue weighted by Gasteiger charge is -2.03. The van der Waals surface area contributed by atoms with Crippen LogP contribution in [0.5, 0.6) is 0 Å². The first-order valence-electron chi connectivity index (χ1n) is 6.13. The summed E-state index contributed by atoms with van der Waals surface area (Å²) < 4.78 is 4.78. The Kier molecular flexibility index (Phi) is 6.29. The smallest absolute Gasteiger partial charge is 0.311 e. The van der Waals surface area contributed by atoms with Gasteiger partial charge in [-0.25, -0.2) is 5.43 Å². The summed E-state index contributed by atoms with van der Waals surface area (Å²) in [6, 6.07) is 9.38. The summed E-state index contributed by atoms with van der Waals surface area (Å²) in [5, 5.41) is 3.86. The van der Waals surface area contributed by atoms with Crippen molar-refractivity contribution in [3.8, 4) is 0 Å². The molecule has 0 unspecified atom stereocenters. The van der Waals surface area contributed by atoms with E-state index in [9.17, 15) is 9.59 Å². The van der Waals surface area contributed by atoms with Gasteiger partial charge in [0, 0.05) is 5.71 Å². The van der Waals surface area contributed by atoms with Gasteiger partial charge >= 0.3 is 5.97 Å². The van der Waals surface area contributed by atoms with Gasteiger partial charge in [0.05, 0.1) is 19.4 Å². The summed E-state index contributed by atoms with van der Waals surface area (Å²) in [6.45, 7) is 3.75. The lowest BCUT2D eigenvalue weighted by atomic mass is 10.1. The van der Waals surface area contributed by atoms with Gasteiger partial charge in [0.2, 0.25) is 5.91 Å². The van der Waals surface area contributed by atoms with Gasteiger partial charge in [0.15, 0.2) is 0 Å². The lowest BCUT2D eigenvalue weighted by Crippen LogP contribution is -2.22. The molecule has 0 atom stereocenters. The zero-order valence-electron chi connectivity index (χ0n) is 11.2. The molecule has 5 nitrogen and oxygen atoms in total. The van der Waals surface area contributed by atoms with Crippen molar-refractivity contribution < 1.29 is 14.3 Å². The van der Waals surface area contributed by atoms with Crippen molar-refractivity contribution >= 4 is 17.6 Å². The highest BCUT2D eigenvalue weighted by Gasteiger charge is 2.05. The molecule has 0 radical (unpaired) electrons. The Balaban J connectivity index is 2.38. The number of ether oxygens (including phenoxy) is 1. The van der Waals surface area contributed by atoms with Crippen LogP contribution in [0.15, 0.2) is 35.4 Å². The van der Waals surface area contributed by atoms with E-state index in [1.807, 2.05) is 30.3 Å². The van der Waals surface area contributed by atoms with Crippen molar-refractivity contribution in [2.45, 2.75) is 26.7 Å². The molecular formula is C14H18N2O3. The van der Waals surface area contributed by atoms with Crippen LogP contribution in [0, 0.1) is 0 Å². The number of esters is 1. The number of nitrogens with one attached hydrogen (secondary N) is 1. The molecule has 1 N–H and O–H groups in total. The molecule has 1 rings (SSSR count). The molecule has 0 spiro atoms. The number of carbonyl (C=O) groups is 2. The molecule has 0 bridgehead atoms. The van der Waals surface area contributed by atoms with Gasteiger partial charge in [-0.3, -0.25) is 9.59 Å². The monoisotopic (exact) mass is 262 g/mol. The summed E-state index contributed by atoms with van der Waals surface area (Å²) >= 11 is 0. The van der Waals surface area contributed by atoms with Crippen LogP contribution in [0.1, 0.15) is 25.8 Å². The maximum Gasteiger partial charge on any atom is 0.311 e. The summed E-state index contributed by atoms with van der Waals surface area (Å²) in [5.41, 5.74) is 3.85. The minimum atomic E-state index is -0.346. The number of benzene rings is 1. The van der Waals surface area contributed by atoms with Crippen molar-refractivity contribution in [3.63, 3.8) is 0 Å². The minimum Gasteiger partial charge on any atom is -0.466 e. The first-order chi connectivity index (χ1) is 9.11. The minimum absolute atomic E-state index is 0.0828. The number of nitrogens with zero attached hydrogens (tertiary/aromatic N) is 1. The average Bonchev–Trinajstić information content (AvgIpc) is 2.38.